The van der Waals surface area contributed by atoms with E-state index in [0.29, 0.717) is 5.57 Å². The molecule has 0 bridgehead atoms. The average molecular weight is 148 g/mol. The van der Waals surface area contributed by atoms with Crippen LogP contribution in [0, 0.1) is 0 Å². The summed E-state index contributed by atoms with van der Waals surface area (Å²) in [5.41, 5.74) is 1.44. The van der Waals surface area contributed by atoms with E-state index in [4.69, 9.17) is 0 Å². The molecular weight excluding hydrogens is 136 g/mol. The summed E-state index contributed by atoms with van der Waals surface area (Å²) in [5, 5.41) is 0. The Morgan fingerprint density at radius 1 is 1.27 bits per heavy atom. The van der Waals surface area contributed by atoms with E-state index in [1.165, 1.54) is 0 Å². The molecule has 0 aliphatic heterocycles. The predicted octanol–water partition coefficient (Wildman–Crippen LogP) is 2.43. The first-order valence-electron chi connectivity index (χ1n) is 3.37. The summed E-state index contributed by atoms with van der Waals surface area (Å²) < 4.78 is 0. The monoisotopic (exact) mass is 148 g/mol. The van der Waals surface area contributed by atoms with Crippen molar-refractivity contribution in [3.63, 3.8) is 0 Å². The fraction of sp³-hybridized carbons (Fsp3) is 0.100. The minimum absolute atomic E-state index is 0.609. The van der Waals surface area contributed by atoms with E-state index >= 15 is 0 Å². The Balaban J connectivity index is 4.75. The second kappa shape index (κ2) is 5.42. The van der Waals surface area contributed by atoms with Crippen molar-refractivity contribution in [1.82, 2.24) is 0 Å². The lowest BCUT2D eigenvalue weighted by Crippen LogP contribution is -1.86. The summed E-state index contributed by atoms with van der Waals surface area (Å²) in [6, 6.07) is 0. The fourth-order valence-corrected chi connectivity index (χ4v) is 0.733. The molecule has 11 heavy (non-hydrogen) atoms. The van der Waals surface area contributed by atoms with E-state index in [1.54, 1.807) is 18.2 Å². The van der Waals surface area contributed by atoms with E-state index in [9.17, 15) is 4.79 Å². The third-order valence-corrected chi connectivity index (χ3v) is 1.29. The second-order valence-electron chi connectivity index (χ2n) is 1.92. The molecule has 0 aromatic rings. The van der Waals surface area contributed by atoms with Gasteiger partial charge >= 0.3 is 0 Å². The van der Waals surface area contributed by atoms with Crippen LogP contribution in [0.4, 0.5) is 0 Å². The van der Waals surface area contributed by atoms with Gasteiger partial charge in [-0.2, -0.15) is 0 Å². The van der Waals surface area contributed by atoms with Crippen LogP contribution >= 0.6 is 0 Å². The molecule has 0 atom stereocenters. The van der Waals surface area contributed by atoms with E-state index in [2.05, 4.69) is 13.2 Å². The molecule has 0 aliphatic rings. The summed E-state index contributed by atoms with van der Waals surface area (Å²) in [6.45, 7) is 8.94. The van der Waals surface area contributed by atoms with E-state index < -0.39 is 0 Å². The van der Waals surface area contributed by atoms with Crippen molar-refractivity contribution < 1.29 is 4.79 Å². The first-order valence-corrected chi connectivity index (χ1v) is 3.37. The number of carbonyl (C=O) groups is 1. The zero-order valence-electron chi connectivity index (χ0n) is 6.71. The molecular formula is C10H12O. The van der Waals surface area contributed by atoms with Crippen molar-refractivity contribution in [2.45, 2.75) is 6.92 Å². The minimum Gasteiger partial charge on any atom is -0.298 e. The molecule has 0 aliphatic carbocycles. The Hall–Kier alpha value is -1.37. The number of hydrogen-bond donors (Lipinski definition) is 0. The quantitative estimate of drug-likeness (QED) is 0.340. The zero-order chi connectivity index (χ0) is 8.69. The second-order valence-corrected chi connectivity index (χ2v) is 1.92. The maximum absolute atomic E-state index is 10.4. The molecule has 0 saturated carbocycles. The molecule has 1 heteroatoms. The molecule has 0 radical (unpaired) electrons. The highest BCUT2D eigenvalue weighted by Crippen LogP contribution is 2.07. The molecule has 0 saturated heterocycles. The first-order chi connectivity index (χ1) is 5.29. The van der Waals surface area contributed by atoms with Crippen molar-refractivity contribution in [3.05, 3.63) is 48.6 Å². The third kappa shape index (κ3) is 2.80. The molecule has 0 rings (SSSR count). The van der Waals surface area contributed by atoms with Gasteiger partial charge in [-0.1, -0.05) is 37.5 Å². The molecule has 0 fully saturated rings. The van der Waals surface area contributed by atoms with Crippen molar-refractivity contribution >= 4 is 6.29 Å². The largest absolute Gasteiger partial charge is 0.298 e. The summed E-state index contributed by atoms with van der Waals surface area (Å²) in [6.07, 6.45) is 7.50. The van der Waals surface area contributed by atoms with Gasteiger partial charge in [-0.3, -0.25) is 4.79 Å². The summed E-state index contributed by atoms with van der Waals surface area (Å²) in [4.78, 5) is 10.4. The SMILES string of the molecule is C=C/C=C(C=O)\C(C=C)=C/C. The van der Waals surface area contributed by atoms with Gasteiger partial charge in [0.15, 0.2) is 6.29 Å². The van der Waals surface area contributed by atoms with Gasteiger partial charge in [-0.15, -0.1) is 0 Å². The van der Waals surface area contributed by atoms with Crippen LogP contribution in [0.3, 0.4) is 0 Å². The van der Waals surface area contributed by atoms with Crippen LogP contribution in [0.5, 0.6) is 0 Å². The Kier molecular flexibility index (Phi) is 4.74. The smallest absolute Gasteiger partial charge is 0.150 e. The van der Waals surface area contributed by atoms with E-state index in [0.717, 1.165) is 11.9 Å². The van der Waals surface area contributed by atoms with Crippen molar-refractivity contribution in [2.75, 3.05) is 0 Å². The van der Waals surface area contributed by atoms with Crippen LogP contribution in [0.15, 0.2) is 48.6 Å². The van der Waals surface area contributed by atoms with Gasteiger partial charge in [0.1, 0.15) is 0 Å². The van der Waals surface area contributed by atoms with Crippen molar-refractivity contribution in [2.24, 2.45) is 0 Å². The molecule has 0 unspecified atom stereocenters. The lowest BCUT2D eigenvalue weighted by atomic mass is 10.1. The van der Waals surface area contributed by atoms with Crippen LogP contribution < -0.4 is 0 Å². The highest BCUT2D eigenvalue weighted by Gasteiger charge is 1.95. The first kappa shape index (κ1) is 9.63. The molecule has 0 amide bonds. The lowest BCUT2D eigenvalue weighted by Gasteiger charge is -1.96. The third-order valence-electron chi connectivity index (χ3n) is 1.29. The number of rotatable bonds is 4. The average Bonchev–Trinajstić information content (AvgIpc) is 2.05. The normalized spacial score (nSPS) is 12.5. The number of carbonyl (C=O) groups excluding carboxylic acids is 1. The van der Waals surface area contributed by atoms with E-state index in [1.807, 2.05) is 13.0 Å². The number of hydrogen-bond acceptors (Lipinski definition) is 1. The molecule has 58 valence electrons. The minimum atomic E-state index is 0.609. The summed E-state index contributed by atoms with van der Waals surface area (Å²) >= 11 is 0. The number of aldehydes is 1. The summed E-state index contributed by atoms with van der Waals surface area (Å²) in [7, 11) is 0. The van der Waals surface area contributed by atoms with Crippen LogP contribution in [-0.4, -0.2) is 6.29 Å². The van der Waals surface area contributed by atoms with Gasteiger partial charge in [-0.05, 0) is 12.5 Å². The van der Waals surface area contributed by atoms with Crippen LogP contribution in [-0.2, 0) is 4.79 Å². The van der Waals surface area contributed by atoms with Gasteiger partial charge in [0.2, 0.25) is 0 Å². The highest BCUT2D eigenvalue weighted by molar-refractivity contribution is 5.82. The Morgan fingerprint density at radius 3 is 2.18 bits per heavy atom. The summed E-state index contributed by atoms with van der Waals surface area (Å²) in [5.74, 6) is 0. The van der Waals surface area contributed by atoms with Gasteiger partial charge in [-0.25, -0.2) is 0 Å². The Morgan fingerprint density at radius 2 is 1.91 bits per heavy atom. The standard InChI is InChI=1S/C10H12O/c1-4-7-10(8-11)9(5-2)6-3/h4-8H,1-2H2,3H3/b9-6-,10-7-. The zero-order valence-corrected chi connectivity index (χ0v) is 6.71. The number of allylic oxidation sites excluding steroid dienone is 6. The molecule has 1 nitrogen and oxygen atoms in total. The molecule has 0 heterocycles. The molecule has 0 aromatic heterocycles. The van der Waals surface area contributed by atoms with Crippen molar-refractivity contribution in [1.29, 1.82) is 0 Å². The maximum atomic E-state index is 10.4. The fourth-order valence-electron chi connectivity index (χ4n) is 0.733. The van der Waals surface area contributed by atoms with Crippen molar-refractivity contribution in [3.8, 4) is 0 Å². The van der Waals surface area contributed by atoms with Gasteiger partial charge in [0, 0.05) is 5.57 Å². The molecule has 0 spiro atoms. The lowest BCUT2D eigenvalue weighted by molar-refractivity contribution is -0.104. The highest BCUT2D eigenvalue weighted by atomic mass is 16.1. The Labute approximate surface area is 67.4 Å². The van der Waals surface area contributed by atoms with Gasteiger partial charge in [0.05, 0.1) is 0 Å². The Bertz CT molecular complexity index is 219. The van der Waals surface area contributed by atoms with Crippen LogP contribution in [0.1, 0.15) is 6.92 Å². The van der Waals surface area contributed by atoms with Crippen LogP contribution in [0.25, 0.3) is 0 Å². The van der Waals surface area contributed by atoms with Gasteiger partial charge in [0.25, 0.3) is 0 Å². The van der Waals surface area contributed by atoms with E-state index in [-0.39, 0.29) is 0 Å². The predicted molar refractivity (Wildman–Crippen MR) is 48.3 cm³/mol. The maximum Gasteiger partial charge on any atom is 0.150 e. The van der Waals surface area contributed by atoms with Gasteiger partial charge < -0.3 is 0 Å². The molecule has 0 aromatic carbocycles. The molecule has 0 N–H and O–H groups in total. The van der Waals surface area contributed by atoms with Crippen LogP contribution in [0.2, 0.25) is 0 Å². The topological polar surface area (TPSA) is 17.1 Å².